The van der Waals surface area contributed by atoms with Crippen LogP contribution in [0.5, 0.6) is 0 Å². The molecule has 0 rings (SSSR count). The van der Waals surface area contributed by atoms with Gasteiger partial charge in [0.1, 0.15) is 0 Å². The van der Waals surface area contributed by atoms with E-state index >= 15 is 0 Å². The Morgan fingerprint density at radius 2 is 2.18 bits per heavy atom. The molecular weight excluding hydrogens is 144 g/mol. The maximum Gasteiger partial charge on any atom is 0.302 e. The second-order valence-corrected chi connectivity index (χ2v) is 1.54. The van der Waals surface area contributed by atoms with Crippen molar-refractivity contribution in [2.24, 2.45) is 0 Å². The van der Waals surface area contributed by atoms with Crippen LogP contribution in [0.3, 0.4) is 0 Å². The molecule has 0 aliphatic rings. The van der Waals surface area contributed by atoms with Gasteiger partial charge in [-0.3, -0.25) is 9.59 Å². The van der Waals surface area contributed by atoms with Crippen molar-refractivity contribution in [3.8, 4) is 0 Å². The zero-order chi connectivity index (χ0) is 9.11. The number of ether oxygens (including phenoxy) is 1. The van der Waals surface area contributed by atoms with E-state index in [0.29, 0.717) is 6.61 Å². The fourth-order valence-corrected chi connectivity index (χ4v) is 0.271. The summed E-state index contributed by atoms with van der Waals surface area (Å²) >= 11 is 0. The van der Waals surface area contributed by atoms with Crippen molar-refractivity contribution in [1.82, 2.24) is 0 Å². The summed E-state index contributed by atoms with van der Waals surface area (Å²) in [6, 6.07) is 0. The second kappa shape index (κ2) is 11.6. The van der Waals surface area contributed by atoms with Gasteiger partial charge in [0, 0.05) is 6.92 Å². The lowest BCUT2D eigenvalue weighted by atomic mass is 10.6. The molecule has 0 saturated carbocycles. The molecule has 1 radical (unpaired) electrons. The Labute approximate surface area is 67.0 Å². The van der Waals surface area contributed by atoms with E-state index in [1.54, 1.807) is 26.2 Å². The smallest absolute Gasteiger partial charge is 0.302 e. The first-order chi connectivity index (χ1) is 5.18. The van der Waals surface area contributed by atoms with Gasteiger partial charge in [0.05, 0.1) is 6.61 Å². The Hall–Kier alpha value is -1.12. The molecule has 0 aromatic carbocycles. The van der Waals surface area contributed by atoms with E-state index in [2.05, 4.69) is 4.74 Å². The van der Waals surface area contributed by atoms with Crippen LogP contribution in [0.2, 0.25) is 0 Å². The summed E-state index contributed by atoms with van der Waals surface area (Å²) in [7, 11) is 0. The number of rotatable bonds is 2. The van der Waals surface area contributed by atoms with Crippen molar-refractivity contribution in [2.75, 3.05) is 6.61 Å². The standard InChI is InChI=1S/C4H8O2.C4H5O/c1-3-6-4(2)5;1-2-3-4-5/h3H2,1-2H3;2-3H,1H3. The highest BCUT2D eigenvalue weighted by atomic mass is 16.5. The molecule has 3 nitrogen and oxygen atoms in total. The van der Waals surface area contributed by atoms with E-state index in [-0.39, 0.29) is 5.97 Å². The molecule has 0 spiro atoms. The molecule has 0 bridgehead atoms. The third-order valence-electron chi connectivity index (χ3n) is 0.582. The number of allylic oxidation sites excluding steroid dienone is 2. The topological polar surface area (TPSA) is 43.4 Å². The lowest BCUT2D eigenvalue weighted by molar-refractivity contribution is -0.140. The van der Waals surface area contributed by atoms with E-state index in [0.717, 1.165) is 0 Å². The first kappa shape index (κ1) is 12.5. The summed E-state index contributed by atoms with van der Waals surface area (Å²) in [6.07, 6.45) is 4.54. The van der Waals surface area contributed by atoms with Crippen molar-refractivity contribution in [2.45, 2.75) is 20.8 Å². The molecule has 0 heterocycles. The van der Waals surface area contributed by atoms with Crippen molar-refractivity contribution in [3.05, 3.63) is 12.2 Å². The highest BCUT2D eigenvalue weighted by Crippen LogP contribution is 1.69. The Kier molecular flexibility index (Phi) is 13.3. The van der Waals surface area contributed by atoms with E-state index in [1.807, 2.05) is 0 Å². The Morgan fingerprint density at radius 1 is 1.64 bits per heavy atom. The minimum Gasteiger partial charge on any atom is -0.466 e. The van der Waals surface area contributed by atoms with Crippen LogP contribution in [-0.4, -0.2) is 18.9 Å². The molecule has 0 fully saturated rings. The zero-order valence-electron chi connectivity index (χ0n) is 7.09. The van der Waals surface area contributed by atoms with Gasteiger partial charge in [-0.1, -0.05) is 6.08 Å². The summed E-state index contributed by atoms with van der Waals surface area (Å²) in [6.45, 7) is 5.42. The fraction of sp³-hybridized carbons (Fsp3) is 0.500. The number of hydrogen-bond donors (Lipinski definition) is 0. The predicted molar refractivity (Wildman–Crippen MR) is 42.8 cm³/mol. The van der Waals surface area contributed by atoms with Crippen molar-refractivity contribution >= 4 is 12.3 Å². The largest absolute Gasteiger partial charge is 0.466 e. The Morgan fingerprint density at radius 3 is 2.18 bits per heavy atom. The molecule has 0 atom stereocenters. The average molecular weight is 157 g/mol. The first-order valence-electron chi connectivity index (χ1n) is 3.31. The summed E-state index contributed by atoms with van der Waals surface area (Å²) in [5.41, 5.74) is 0. The predicted octanol–water partition coefficient (Wildman–Crippen LogP) is 1.24. The summed E-state index contributed by atoms with van der Waals surface area (Å²) in [5, 5.41) is 0. The van der Waals surface area contributed by atoms with Gasteiger partial charge in [0.25, 0.3) is 0 Å². The SMILES string of the molecule is CC=C[C]=O.CCOC(C)=O. The molecule has 11 heavy (non-hydrogen) atoms. The monoisotopic (exact) mass is 157 g/mol. The minimum absolute atomic E-state index is 0.211. The third-order valence-corrected chi connectivity index (χ3v) is 0.582. The number of carbonyl (C=O) groups is 1. The van der Waals surface area contributed by atoms with Gasteiger partial charge in [0.2, 0.25) is 6.29 Å². The van der Waals surface area contributed by atoms with Crippen molar-refractivity contribution in [3.63, 3.8) is 0 Å². The third kappa shape index (κ3) is 27.9. The van der Waals surface area contributed by atoms with Crippen molar-refractivity contribution in [1.29, 1.82) is 0 Å². The second-order valence-electron chi connectivity index (χ2n) is 1.54. The molecule has 0 amide bonds. The van der Waals surface area contributed by atoms with Gasteiger partial charge < -0.3 is 4.74 Å². The number of hydrogen-bond acceptors (Lipinski definition) is 3. The normalized spacial score (nSPS) is 8.27. The molecule has 63 valence electrons. The summed E-state index contributed by atoms with van der Waals surface area (Å²) in [5.74, 6) is -0.211. The molecule has 3 heteroatoms. The van der Waals surface area contributed by atoms with Crippen LogP contribution in [0.4, 0.5) is 0 Å². The quantitative estimate of drug-likeness (QED) is 0.447. The van der Waals surface area contributed by atoms with E-state index < -0.39 is 0 Å². The van der Waals surface area contributed by atoms with Crippen LogP contribution in [0.1, 0.15) is 20.8 Å². The van der Waals surface area contributed by atoms with Crippen LogP contribution in [0.15, 0.2) is 12.2 Å². The van der Waals surface area contributed by atoms with Gasteiger partial charge in [-0.25, -0.2) is 0 Å². The van der Waals surface area contributed by atoms with E-state index in [1.165, 1.54) is 13.0 Å². The van der Waals surface area contributed by atoms with Crippen LogP contribution in [0.25, 0.3) is 0 Å². The average Bonchev–Trinajstić information content (AvgIpc) is 1.90. The lowest BCUT2D eigenvalue weighted by Crippen LogP contribution is -1.95. The molecule has 0 aliphatic carbocycles. The first-order valence-corrected chi connectivity index (χ1v) is 3.31. The van der Waals surface area contributed by atoms with Gasteiger partial charge >= 0.3 is 5.97 Å². The highest BCUT2D eigenvalue weighted by molar-refractivity contribution is 5.65. The maximum atomic E-state index is 9.82. The van der Waals surface area contributed by atoms with E-state index in [9.17, 15) is 9.59 Å². The van der Waals surface area contributed by atoms with Gasteiger partial charge in [-0.05, 0) is 19.9 Å². The lowest BCUT2D eigenvalue weighted by Gasteiger charge is -1.89. The van der Waals surface area contributed by atoms with Gasteiger partial charge in [0.15, 0.2) is 0 Å². The molecule has 0 aromatic heterocycles. The molecule has 0 unspecified atom stereocenters. The van der Waals surface area contributed by atoms with Crippen LogP contribution >= 0.6 is 0 Å². The molecule has 0 aromatic rings. The van der Waals surface area contributed by atoms with Gasteiger partial charge in [-0.15, -0.1) is 0 Å². The molecular formula is C8H13O3. The number of esters is 1. The molecule has 0 aliphatic heterocycles. The molecule has 0 N–H and O–H groups in total. The molecule has 0 saturated heterocycles. The minimum atomic E-state index is -0.211. The maximum absolute atomic E-state index is 9.82. The van der Waals surface area contributed by atoms with Crippen LogP contribution < -0.4 is 0 Å². The van der Waals surface area contributed by atoms with Crippen LogP contribution in [-0.2, 0) is 14.3 Å². The van der Waals surface area contributed by atoms with Crippen LogP contribution in [0, 0.1) is 0 Å². The number of carbonyl (C=O) groups excluding carboxylic acids is 2. The Bertz CT molecular complexity index is 127. The fourth-order valence-electron chi connectivity index (χ4n) is 0.271. The summed E-state index contributed by atoms with van der Waals surface area (Å²) < 4.78 is 4.40. The van der Waals surface area contributed by atoms with Crippen molar-refractivity contribution < 1.29 is 14.3 Å². The zero-order valence-corrected chi connectivity index (χ0v) is 7.09. The van der Waals surface area contributed by atoms with Gasteiger partial charge in [-0.2, -0.15) is 0 Å². The van der Waals surface area contributed by atoms with E-state index in [4.69, 9.17) is 0 Å². The Balaban J connectivity index is 0. The summed E-state index contributed by atoms with van der Waals surface area (Å²) in [4.78, 5) is 19.0. The highest BCUT2D eigenvalue weighted by Gasteiger charge is 1.81.